The summed E-state index contributed by atoms with van der Waals surface area (Å²) in [4.78, 5) is 22.8. The molecule has 19 heavy (non-hydrogen) atoms. The van der Waals surface area contributed by atoms with E-state index in [9.17, 15) is 9.59 Å². The molecule has 1 aromatic rings. The maximum Gasteiger partial charge on any atom is 0.244 e. The van der Waals surface area contributed by atoms with Crippen LogP contribution in [0.2, 0.25) is 0 Å². The van der Waals surface area contributed by atoms with Gasteiger partial charge in [0.05, 0.1) is 0 Å². The van der Waals surface area contributed by atoms with Crippen molar-refractivity contribution in [3.05, 3.63) is 42.0 Å². The minimum Gasteiger partial charge on any atom is -0.354 e. The van der Waals surface area contributed by atoms with Crippen molar-refractivity contribution in [2.45, 2.75) is 12.8 Å². The Morgan fingerprint density at radius 3 is 2.47 bits per heavy atom. The molecule has 1 fully saturated rings. The standard InChI is InChI=1S/C15H18N2O2/c18-14(9-6-12-4-2-1-3-5-12)16-10-11-17-15(19)13-7-8-13/h1-6,9,13H,7-8,10-11H2,(H,16,18)(H,17,19)/b9-6+. The van der Waals surface area contributed by atoms with Crippen LogP contribution in [0.5, 0.6) is 0 Å². The number of hydrogen-bond acceptors (Lipinski definition) is 2. The van der Waals surface area contributed by atoms with E-state index in [4.69, 9.17) is 0 Å². The minimum absolute atomic E-state index is 0.106. The molecule has 2 N–H and O–H groups in total. The van der Waals surface area contributed by atoms with Crippen LogP contribution >= 0.6 is 0 Å². The normalized spacial score (nSPS) is 14.3. The van der Waals surface area contributed by atoms with Crippen molar-refractivity contribution in [1.82, 2.24) is 10.6 Å². The van der Waals surface area contributed by atoms with Crippen molar-refractivity contribution >= 4 is 17.9 Å². The van der Waals surface area contributed by atoms with Crippen LogP contribution in [0.3, 0.4) is 0 Å². The first-order valence-electron chi connectivity index (χ1n) is 6.54. The largest absolute Gasteiger partial charge is 0.354 e. The van der Waals surface area contributed by atoms with E-state index in [2.05, 4.69) is 10.6 Å². The van der Waals surface area contributed by atoms with Crippen molar-refractivity contribution in [1.29, 1.82) is 0 Å². The highest BCUT2D eigenvalue weighted by atomic mass is 16.2. The van der Waals surface area contributed by atoms with E-state index < -0.39 is 0 Å². The third kappa shape index (κ3) is 4.95. The smallest absolute Gasteiger partial charge is 0.244 e. The van der Waals surface area contributed by atoms with E-state index in [0.29, 0.717) is 13.1 Å². The predicted molar refractivity (Wildman–Crippen MR) is 74.2 cm³/mol. The number of carbonyl (C=O) groups is 2. The molecular weight excluding hydrogens is 240 g/mol. The Bertz CT molecular complexity index is 464. The van der Waals surface area contributed by atoms with Gasteiger partial charge in [0.1, 0.15) is 0 Å². The van der Waals surface area contributed by atoms with E-state index in [1.807, 2.05) is 30.3 Å². The fraction of sp³-hybridized carbons (Fsp3) is 0.333. The molecule has 1 aliphatic rings. The van der Waals surface area contributed by atoms with Crippen LogP contribution in [0, 0.1) is 5.92 Å². The van der Waals surface area contributed by atoms with Gasteiger partial charge in [-0.15, -0.1) is 0 Å². The average molecular weight is 258 g/mol. The molecule has 0 heterocycles. The summed E-state index contributed by atoms with van der Waals surface area (Å²) in [5, 5.41) is 5.52. The Morgan fingerprint density at radius 2 is 1.79 bits per heavy atom. The van der Waals surface area contributed by atoms with E-state index in [-0.39, 0.29) is 17.7 Å². The first-order chi connectivity index (χ1) is 9.25. The van der Waals surface area contributed by atoms with Gasteiger partial charge in [-0.2, -0.15) is 0 Å². The highest BCUT2D eigenvalue weighted by Gasteiger charge is 2.28. The van der Waals surface area contributed by atoms with Gasteiger partial charge in [0, 0.05) is 25.1 Å². The maximum absolute atomic E-state index is 11.5. The Labute approximate surface area is 112 Å². The number of benzene rings is 1. The lowest BCUT2D eigenvalue weighted by molar-refractivity contribution is -0.122. The van der Waals surface area contributed by atoms with E-state index >= 15 is 0 Å². The van der Waals surface area contributed by atoms with Gasteiger partial charge in [0.25, 0.3) is 0 Å². The number of carbonyl (C=O) groups excluding carboxylic acids is 2. The molecule has 0 unspecified atom stereocenters. The molecule has 1 saturated carbocycles. The molecule has 100 valence electrons. The Kier molecular flexibility index (Phi) is 4.72. The highest BCUT2D eigenvalue weighted by molar-refractivity contribution is 5.91. The molecule has 0 aromatic heterocycles. The summed E-state index contributed by atoms with van der Waals surface area (Å²) in [6.45, 7) is 0.941. The van der Waals surface area contributed by atoms with Gasteiger partial charge in [0.15, 0.2) is 0 Å². The lowest BCUT2D eigenvalue weighted by atomic mass is 10.2. The summed E-state index contributed by atoms with van der Waals surface area (Å²) in [6, 6.07) is 9.63. The van der Waals surface area contributed by atoms with Crippen LogP contribution in [-0.2, 0) is 9.59 Å². The summed E-state index contributed by atoms with van der Waals surface area (Å²) >= 11 is 0. The molecule has 1 aromatic carbocycles. The monoisotopic (exact) mass is 258 g/mol. The number of nitrogens with one attached hydrogen (secondary N) is 2. The molecule has 4 nitrogen and oxygen atoms in total. The summed E-state index contributed by atoms with van der Waals surface area (Å²) in [5.41, 5.74) is 0.986. The van der Waals surface area contributed by atoms with Crippen molar-refractivity contribution in [3.63, 3.8) is 0 Å². The number of amides is 2. The second-order valence-electron chi connectivity index (χ2n) is 4.60. The molecule has 2 rings (SSSR count). The highest BCUT2D eigenvalue weighted by Crippen LogP contribution is 2.28. The molecule has 2 amide bonds. The van der Waals surface area contributed by atoms with Crippen LogP contribution in [0.15, 0.2) is 36.4 Å². The zero-order chi connectivity index (χ0) is 13.5. The molecule has 0 saturated heterocycles. The predicted octanol–water partition coefficient (Wildman–Crippen LogP) is 1.34. The first-order valence-corrected chi connectivity index (χ1v) is 6.54. The fourth-order valence-corrected chi connectivity index (χ4v) is 1.66. The van der Waals surface area contributed by atoms with Gasteiger partial charge in [-0.05, 0) is 24.5 Å². The number of rotatable bonds is 6. The van der Waals surface area contributed by atoms with Crippen molar-refractivity contribution in [2.24, 2.45) is 5.92 Å². The van der Waals surface area contributed by atoms with Crippen molar-refractivity contribution in [3.8, 4) is 0 Å². The summed E-state index contributed by atoms with van der Waals surface area (Å²) in [7, 11) is 0. The van der Waals surface area contributed by atoms with Gasteiger partial charge in [0.2, 0.25) is 11.8 Å². The average Bonchev–Trinajstić information content (AvgIpc) is 3.27. The van der Waals surface area contributed by atoms with Crippen LogP contribution in [-0.4, -0.2) is 24.9 Å². The molecule has 0 aliphatic heterocycles. The van der Waals surface area contributed by atoms with Crippen molar-refractivity contribution < 1.29 is 9.59 Å². The third-order valence-corrected chi connectivity index (χ3v) is 2.90. The lowest BCUT2D eigenvalue weighted by Gasteiger charge is -2.04. The zero-order valence-corrected chi connectivity index (χ0v) is 10.8. The molecular formula is C15H18N2O2. The SMILES string of the molecule is O=C(/C=C/c1ccccc1)NCCNC(=O)C1CC1. The molecule has 1 aliphatic carbocycles. The van der Waals surface area contributed by atoms with Crippen LogP contribution in [0.1, 0.15) is 18.4 Å². The van der Waals surface area contributed by atoms with Crippen molar-refractivity contribution in [2.75, 3.05) is 13.1 Å². The van der Waals surface area contributed by atoms with E-state index in [1.165, 1.54) is 6.08 Å². The first kappa shape index (κ1) is 13.3. The second-order valence-corrected chi connectivity index (χ2v) is 4.60. The van der Waals surface area contributed by atoms with E-state index in [1.54, 1.807) is 6.08 Å². The maximum atomic E-state index is 11.5. The molecule has 0 bridgehead atoms. The zero-order valence-electron chi connectivity index (χ0n) is 10.8. The van der Waals surface area contributed by atoms with Gasteiger partial charge < -0.3 is 10.6 Å². The third-order valence-electron chi connectivity index (χ3n) is 2.90. The Hall–Kier alpha value is -2.10. The van der Waals surface area contributed by atoms with Gasteiger partial charge in [-0.3, -0.25) is 9.59 Å². The van der Waals surface area contributed by atoms with Gasteiger partial charge >= 0.3 is 0 Å². The van der Waals surface area contributed by atoms with Crippen LogP contribution < -0.4 is 10.6 Å². The fourth-order valence-electron chi connectivity index (χ4n) is 1.66. The summed E-state index contributed by atoms with van der Waals surface area (Å²) in [5.74, 6) is 0.173. The summed E-state index contributed by atoms with van der Waals surface area (Å²) < 4.78 is 0. The molecule has 0 radical (unpaired) electrons. The van der Waals surface area contributed by atoms with Gasteiger partial charge in [-0.25, -0.2) is 0 Å². The topological polar surface area (TPSA) is 58.2 Å². The quantitative estimate of drug-likeness (QED) is 0.597. The van der Waals surface area contributed by atoms with E-state index in [0.717, 1.165) is 18.4 Å². The van der Waals surface area contributed by atoms with Crippen LogP contribution in [0.4, 0.5) is 0 Å². The van der Waals surface area contributed by atoms with Gasteiger partial charge in [-0.1, -0.05) is 30.3 Å². The molecule has 0 spiro atoms. The molecule has 0 atom stereocenters. The Balaban J connectivity index is 1.61. The molecule has 4 heteroatoms. The summed E-state index contributed by atoms with van der Waals surface area (Å²) in [6.07, 6.45) is 5.26. The minimum atomic E-state index is -0.149. The number of hydrogen-bond donors (Lipinski definition) is 2. The lowest BCUT2D eigenvalue weighted by Crippen LogP contribution is -2.34. The Morgan fingerprint density at radius 1 is 1.11 bits per heavy atom. The second kappa shape index (κ2) is 6.73. The van der Waals surface area contributed by atoms with Crippen LogP contribution in [0.25, 0.3) is 6.08 Å².